The van der Waals surface area contributed by atoms with Gasteiger partial charge in [-0.1, -0.05) is 97.1 Å². The second-order valence-corrected chi connectivity index (χ2v) is 10.5. The minimum Gasteiger partial charge on any atom is -0.396 e. The first-order valence-electron chi connectivity index (χ1n) is 14.4. The predicted octanol–water partition coefficient (Wildman–Crippen LogP) is 8.61. The van der Waals surface area contributed by atoms with E-state index in [1.54, 1.807) is 0 Å². The van der Waals surface area contributed by atoms with E-state index in [9.17, 15) is 5.11 Å². The maximum Gasteiger partial charge on any atom is 0.0850 e. The van der Waals surface area contributed by atoms with Gasteiger partial charge in [0.25, 0.3) is 0 Å². The zero-order valence-corrected chi connectivity index (χ0v) is 23.2. The molecular formula is C38H35NO2. The molecule has 204 valence electrons. The molecule has 6 rings (SSSR count). The third-order valence-electron chi connectivity index (χ3n) is 7.51. The van der Waals surface area contributed by atoms with Crippen molar-refractivity contribution in [1.82, 2.24) is 0 Å². The fourth-order valence-corrected chi connectivity index (χ4v) is 5.23. The summed E-state index contributed by atoms with van der Waals surface area (Å²) in [6, 6.07) is 47.4. The summed E-state index contributed by atoms with van der Waals surface area (Å²) in [5.41, 5.74) is 10.6. The molecule has 5 aromatic carbocycles. The third-order valence-corrected chi connectivity index (χ3v) is 7.51. The lowest BCUT2D eigenvalue weighted by molar-refractivity contribution is 0.288. The van der Waals surface area contributed by atoms with Crippen LogP contribution in [0.5, 0.6) is 0 Å². The van der Waals surface area contributed by atoms with Crippen LogP contribution in [0.2, 0.25) is 0 Å². The number of epoxide rings is 1. The monoisotopic (exact) mass is 537 g/mol. The number of aryl methyl sites for hydroxylation is 1. The van der Waals surface area contributed by atoms with Crippen molar-refractivity contribution in [2.75, 3.05) is 18.1 Å². The van der Waals surface area contributed by atoms with Gasteiger partial charge in [-0.2, -0.15) is 0 Å². The summed E-state index contributed by atoms with van der Waals surface area (Å²) in [6.07, 6.45) is 5.26. The maximum atomic E-state index is 9.23. The summed E-state index contributed by atoms with van der Waals surface area (Å²) in [6.45, 7) is 1.08. The number of aliphatic hydroxyl groups is 1. The van der Waals surface area contributed by atoms with Crippen LogP contribution >= 0.6 is 0 Å². The Bertz CT molecular complexity index is 1510. The van der Waals surface area contributed by atoms with Crippen molar-refractivity contribution < 1.29 is 9.84 Å². The molecule has 0 amide bonds. The van der Waals surface area contributed by atoms with Crippen molar-refractivity contribution >= 4 is 28.7 Å². The molecule has 5 aromatic rings. The Labute approximate surface area is 243 Å². The fraction of sp³-hybridized carbons (Fsp3) is 0.158. The van der Waals surface area contributed by atoms with Gasteiger partial charge in [0.05, 0.1) is 12.7 Å². The number of anilines is 3. The lowest BCUT2D eigenvalue weighted by atomic mass is 9.95. The zero-order valence-electron chi connectivity index (χ0n) is 23.2. The first-order valence-corrected chi connectivity index (χ1v) is 14.4. The van der Waals surface area contributed by atoms with Gasteiger partial charge in [-0.3, -0.25) is 0 Å². The van der Waals surface area contributed by atoms with Gasteiger partial charge in [0.1, 0.15) is 0 Å². The molecule has 0 aromatic heterocycles. The van der Waals surface area contributed by atoms with Crippen LogP contribution in [0.4, 0.5) is 17.1 Å². The Morgan fingerprint density at radius 1 is 0.659 bits per heavy atom. The largest absolute Gasteiger partial charge is 0.396 e. The smallest absolute Gasteiger partial charge is 0.0850 e. The molecule has 0 radical (unpaired) electrons. The molecule has 0 spiro atoms. The van der Waals surface area contributed by atoms with Gasteiger partial charge >= 0.3 is 0 Å². The lowest BCUT2D eigenvalue weighted by Crippen LogP contribution is -2.10. The van der Waals surface area contributed by atoms with Crippen LogP contribution in [-0.2, 0) is 17.6 Å². The quantitative estimate of drug-likeness (QED) is 0.135. The van der Waals surface area contributed by atoms with Gasteiger partial charge in [-0.25, -0.2) is 0 Å². The Hall–Kier alpha value is -4.44. The maximum absolute atomic E-state index is 9.23. The van der Waals surface area contributed by atoms with Crippen molar-refractivity contribution in [2.24, 2.45) is 0 Å². The summed E-state index contributed by atoms with van der Waals surface area (Å²) in [4.78, 5) is 2.30. The molecule has 1 aliphatic heterocycles. The highest BCUT2D eigenvalue weighted by Crippen LogP contribution is 2.36. The highest BCUT2D eigenvalue weighted by molar-refractivity contribution is 5.91. The Morgan fingerprint density at radius 3 is 1.63 bits per heavy atom. The van der Waals surface area contributed by atoms with Crippen LogP contribution in [0, 0.1) is 0 Å². The minimum absolute atomic E-state index is 0.211. The lowest BCUT2D eigenvalue weighted by Gasteiger charge is -2.26. The van der Waals surface area contributed by atoms with E-state index in [1.807, 2.05) is 0 Å². The summed E-state index contributed by atoms with van der Waals surface area (Å²) < 4.78 is 5.43. The Kier molecular flexibility index (Phi) is 8.37. The number of nitrogens with zero attached hydrogens (tertiary/aromatic N) is 1. The van der Waals surface area contributed by atoms with Gasteiger partial charge in [-0.05, 0) is 88.7 Å². The first-order chi connectivity index (χ1) is 20.3. The average Bonchev–Trinajstić information content (AvgIpc) is 3.86. The van der Waals surface area contributed by atoms with E-state index in [0.29, 0.717) is 6.10 Å². The normalized spacial score (nSPS) is 13.9. The number of ether oxygens (including phenoxy) is 1. The van der Waals surface area contributed by atoms with E-state index in [1.165, 1.54) is 27.8 Å². The second kappa shape index (κ2) is 12.8. The minimum atomic E-state index is 0.211. The molecule has 0 bridgehead atoms. The number of aliphatic hydroxyl groups excluding tert-OH is 1. The number of hydrogen-bond donors (Lipinski definition) is 1. The topological polar surface area (TPSA) is 36.0 Å². The van der Waals surface area contributed by atoms with Crippen LogP contribution in [-0.4, -0.2) is 24.4 Å². The van der Waals surface area contributed by atoms with E-state index in [-0.39, 0.29) is 6.61 Å². The SMILES string of the molecule is OCCCc1ccc(N(c2ccc(C=C(c3ccccc3)c3ccccc3)cc2)c2ccc(CC3CO3)cc2)cc1. The number of hydrogen-bond acceptors (Lipinski definition) is 3. The van der Waals surface area contributed by atoms with Gasteiger partial charge in [0, 0.05) is 30.1 Å². The van der Waals surface area contributed by atoms with Crippen LogP contribution in [0.3, 0.4) is 0 Å². The van der Waals surface area contributed by atoms with Crippen molar-refractivity contribution in [3.05, 3.63) is 161 Å². The van der Waals surface area contributed by atoms with Crippen molar-refractivity contribution in [3.8, 4) is 0 Å². The molecule has 0 aliphatic carbocycles. The Morgan fingerprint density at radius 2 is 1.15 bits per heavy atom. The molecule has 0 saturated carbocycles. The van der Waals surface area contributed by atoms with E-state index in [0.717, 1.165) is 48.5 Å². The van der Waals surface area contributed by atoms with Gasteiger partial charge < -0.3 is 14.7 Å². The fourth-order valence-electron chi connectivity index (χ4n) is 5.23. The summed E-state index contributed by atoms with van der Waals surface area (Å²) in [5, 5.41) is 9.23. The predicted molar refractivity (Wildman–Crippen MR) is 170 cm³/mol. The molecule has 1 unspecified atom stereocenters. The van der Waals surface area contributed by atoms with Gasteiger partial charge in [0.15, 0.2) is 0 Å². The van der Waals surface area contributed by atoms with Crippen LogP contribution < -0.4 is 4.90 Å². The summed E-state index contributed by atoms with van der Waals surface area (Å²) in [5.74, 6) is 0. The van der Waals surface area contributed by atoms with Crippen molar-refractivity contribution in [2.45, 2.75) is 25.4 Å². The molecule has 41 heavy (non-hydrogen) atoms. The van der Waals surface area contributed by atoms with E-state index in [2.05, 4.69) is 144 Å². The van der Waals surface area contributed by atoms with E-state index in [4.69, 9.17) is 4.74 Å². The van der Waals surface area contributed by atoms with E-state index < -0.39 is 0 Å². The molecule has 1 saturated heterocycles. The van der Waals surface area contributed by atoms with Gasteiger partial charge in [-0.15, -0.1) is 0 Å². The molecule has 1 fully saturated rings. The first kappa shape index (κ1) is 26.8. The Balaban J connectivity index is 1.34. The molecule has 1 aliphatic rings. The second-order valence-electron chi connectivity index (χ2n) is 10.5. The van der Waals surface area contributed by atoms with Crippen LogP contribution in [0.15, 0.2) is 133 Å². The molecule has 1 heterocycles. The van der Waals surface area contributed by atoms with Gasteiger partial charge in [0.2, 0.25) is 0 Å². The third kappa shape index (κ3) is 6.83. The van der Waals surface area contributed by atoms with Crippen LogP contribution in [0.25, 0.3) is 11.6 Å². The van der Waals surface area contributed by atoms with Crippen LogP contribution in [0.1, 0.15) is 34.2 Å². The standard InChI is InChI=1S/C38H35NO2/c40-25-7-8-29-13-19-34(20-14-29)39(35-21-15-30(16-22-35)26-37-28-41-37)36-23-17-31(18-24-36)27-38(32-9-3-1-4-10-32)33-11-5-2-6-12-33/h1-6,9-24,27,37,40H,7-8,25-26,28H2. The van der Waals surface area contributed by atoms with Crippen molar-refractivity contribution in [1.29, 1.82) is 0 Å². The summed E-state index contributed by atoms with van der Waals surface area (Å²) >= 11 is 0. The zero-order chi connectivity index (χ0) is 27.9. The highest BCUT2D eigenvalue weighted by atomic mass is 16.6. The average molecular weight is 538 g/mol. The molecule has 1 N–H and O–H groups in total. The molecule has 3 heteroatoms. The molecular weight excluding hydrogens is 502 g/mol. The summed E-state index contributed by atoms with van der Waals surface area (Å²) in [7, 11) is 0. The molecule has 1 atom stereocenters. The molecule has 3 nitrogen and oxygen atoms in total. The highest BCUT2D eigenvalue weighted by Gasteiger charge is 2.22. The number of rotatable bonds is 11. The van der Waals surface area contributed by atoms with E-state index >= 15 is 0 Å². The number of benzene rings is 5. The van der Waals surface area contributed by atoms with Crippen molar-refractivity contribution in [3.63, 3.8) is 0 Å².